The molecule has 1 aliphatic rings. The van der Waals surface area contributed by atoms with E-state index in [2.05, 4.69) is 15.0 Å². The van der Waals surface area contributed by atoms with Crippen molar-refractivity contribution in [2.75, 3.05) is 16.8 Å². The van der Waals surface area contributed by atoms with Gasteiger partial charge in [0.15, 0.2) is 9.84 Å². The van der Waals surface area contributed by atoms with E-state index in [1.54, 1.807) is 24.3 Å². The van der Waals surface area contributed by atoms with Crippen LogP contribution < -0.4 is 10.6 Å². The van der Waals surface area contributed by atoms with Crippen molar-refractivity contribution in [2.45, 2.75) is 12.5 Å². The summed E-state index contributed by atoms with van der Waals surface area (Å²) >= 11 is 1.25. The van der Waals surface area contributed by atoms with Gasteiger partial charge >= 0.3 is 0 Å². The highest BCUT2D eigenvalue weighted by molar-refractivity contribution is 7.91. The second-order valence-corrected chi connectivity index (χ2v) is 9.67. The van der Waals surface area contributed by atoms with E-state index < -0.39 is 9.84 Å². The zero-order valence-electron chi connectivity index (χ0n) is 14.7. The Bertz CT molecular complexity index is 1170. The van der Waals surface area contributed by atoms with Gasteiger partial charge in [0.2, 0.25) is 0 Å². The third-order valence-corrected chi connectivity index (χ3v) is 7.14. The molecule has 1 aliphatic heterocycles. The van der Waals surface area contributed by atoms with Gasteiger partial charge in [0.25, 0.3) is 11.8 Å². The lowest BCUT2D eigenvalue weighted by molar-refractivity contribution is 0.0940. The summed E-state index contributed by atoms with van der Waals surface area (Å²) in [6, 6.07) is 13.6. The smallest absolute Gasteiger partial charge is 0.276 e. The van der Waals surface area contributed by atoms with E-state index in [-0.39, 0.29) is 29.4 Å². The Morgan fingerprint density at radius 1 is 1.07 bits per heavy atom. The Labute approximate surface area is 165 Å². The number of rotatable bonds is 4. The summed E-state index contributed by atoms with van der Waals surface area (Å²) in [7, 11) is -3.07. The molecule has 2 amide bonds. The van der Waals surface area contributed by atoms with Gasteiger partial charge in [0.1, 0.15) is 5.69 Å². The number of carbonyl (C=O) groups excluding carboxylic acids is 2. The summed E-state index contributed by atoms with van der Waals surface area (Å²) in [6.45, 7) is 0. The highest BCUT2D eigenvalue weighted by atomic mass is 32.2. The molecule has 1 atom stereocenters. The van der Waals surface area contributed by atoms with Gasteiger partial charge in [-0.1, -0.05) is 24.3 Å². The number of anilines is 1. The minimum atomic E-state index is -3.07. The Kier molecular flexibility index (Phi) is 4.86. The number of benzene rings is 2. The zero-order chi connectivity index (χ0) is 19.7. The molecule has 2 aromatic carbocycles. The molecule has 2 N–H and O–H groups in total. The molecular weight excluding hydrogens is 398 g/mol. The standard InChI is InChI=1S/C19H17N3O4S2/c23-18(21-14-8-9-28(25,26)11-14)12-4-3-5-13(10-12)20-19(24)17-15-6-1-2-7-16(15)27-22-17/h1-7,10,14H,8-9,11H2,(H,20,24)(H,21,23)/t14-/m1/s1. The van der Waals surface area contributed by atoms with Gasteiger partial charge in [-0.05, 0) is 42.2 Å². The van der Waals surface area contributed by atoms with Gasteiger partial charge in [0, 0.05) is 22.7 Å². The van der Waals surface area contributed by atoms with Crippen LogP contribution in [0.1, 0.15) is 27.3 Å². The van der Waals surface area contributed by atoms with Crippen LogP contribution in [0, 0.1) is 0 Å². The monoisotopic (exact) mass is 415 g/mol. The quantitative estimate of drug-likeness (QED) is 0.681. The molecule has 28 heavy (non-hydrogen) atoms. The number of fused-ring (bicyclic) bond motifs is 1. The topological polar surface area (TPSA) is 105 Å². The molecule has 1 aromatic heterocycles. The molecule has 0 radical (unpaired) electrons. The number of aromatic nitrogens is 1. The van der Waals surface area contributed by atoms with Crippen LogP contribution in [0.15, 0.2) is 48.5 Å². The fourth-order valence-corrected chi connectivity index (χ4v) is 5.60. The molecule has 0 saturated carbocycles. The first-order valence-electron chi connectivity index (χ1n) is 8.68. The third-order valence-electron chi connectivity index (χ3n) is 4.54. The maximum Gasteiger partial charge on any atom is 0.276 e. The minimum absolute atomic E-state index is 0.0356. The number of amides is 2. The zero-order valence-corrected chi connectivity index (χ0v) is 16.3. The minimum Gasteiger partial charge on any atom is -0.348 e. The van der Waals surface area contributed by atoms with Gasteiger partial charge in [-0.3, -0.25) is 9.59 Å². The first kappa shape index (κ1) is 18.6. The van der Waals surface area contributed by atoms with Gasteiger partial charge in [-0.2, -0.15) is 4.37 Å². The Morgan fingerprint density at radius 3 is 2.68 bits per heavy atom. The van der Waals surface area contributed by atoms with Crippen molar-refractivity contribution >= 4 is 49.0 Å². The van der Waals surface area contributed by atoms with E-state index >= 15 is 0 Å². The summed E-state index contributed by atoms with van der Waals surface area (Å²) in [5, 5.41) is 6.29. The predicted molar refractivity (Wildman–Crippen MR) is 109 cm³/mol. The highest BCUT2D eigenvalue weighted by Gasteiger charge is 2.29. The lowest BCUT2D eigenvalue weighted by Crippen LogP contribution is -2.35. The maximum atomic E-state index is 12.6. The predicted octanol–water partition coefficient (Wildman–Crippen LogP) is 2.47. The van der Waals surface area contributed by atoms with Crippen molar-refractivity contribution < 1.29 is 18.0 Å². The average molecular weight is 415 g/mol. The molecule has 0 unspecified atom stereocenters. The van der Waals surface area contributed by atoms with Crippen LogP contribution >= 0.6 is 11.5 Å². The fourth-order valence-electron chi connectivity index (χ4n) is 3.16. The van der Waals surface area contributed by atoms with Crippen LogP contribution in [-0.4, -0.2) is 42.2 Å². The molecule has 0 bridgehead atoms. The van der Waals surface area contributed by atoms with Crippen LogP contribution in [0.25, 0.3) is 10.1 Å². The molecule has 2 heterocycles. The maximum absolute atomic E-state index is 12.6. The van der Waals surface area contributed by atoms with E-state index in [1.165, 1.54) is 11.5 Å². The molecule has 4 rings (SSSR count). The average Bonchev–Trinajstić information content (AvgIpc) is 3.24. The number of nitrogens with one attached hydrogen (secondary N) is 2. The Hall–Kier alpha value is -2.78. The summed E-state index contributed by atoms with van der Waals surface area (Å²) < 4.78 is 28.2. The summed E-state index contributed by atoms with van der Waals surface area (Å²) in [4.78, 5) is 25.0. The largest absolute Gasteiger partial charge is 0.348 e. The van der Waals surface area contributed by atoms with E-state index in [9.17, 15) is 18.0 Å². The number of hydrogen-bond donors (Lipinski definition) is 2. The Morgan fingerprint density at radius 2 is 1.89 bits per heavy atom. The van der Waals surface area contributed by atoms with Crippen LogP contribution in [0.5, 0.6) is 0 Å². The van der Waals surface area contributed by atoms with Gasteiger partial charge in [-0.25, -0.2) is 8.42 Å². The second kappa shape index (κ2) is 7.33. The van der Waals surface area contributed by atoms with Gasteiger partial charge in [-0.15, -0.1) is 0 Å². The highest BCUT2D eigenvalue weighted by Crippen LogP contribution is 2.23. The van der Waals surface area contributed by atoms with E-state index in [0.29, 0.717) is 23.4 Å². The summed E-state index contributed by atoms with van der Waals surface area (Å²) in [5.41, 5.74) is 1.16. The number of nitrogens with zero attached hydrogens (tertiary/aromatic N) is 1. The van der Waals surface area contributed by atoms with E-state index in [0.717, 1.165) is 10.1 Å². The summed E-state index contributed by atoms with van der Waals surface area (Å²) in [5.74, 6) is -0.656. The first-order chi connectivity index (χ1) is 13.4. The molecule has 1 fully saturated rings. The van der Waals surface area contributed by atoms with Gasteiger partial charge < -0.3 is 10.6 Å². The van der Waals surface area contributed by atoms with Crippen molar-refractivity contribution in [3.63, 3.8) is 0 Å². The van der Waals surface area contributed by atoms with Crippen LogP contribution in [0.4, 0.5) is 5.69 Å². The summed E-state index contributed by atoms with van der Waals surface area (Å²) in [6.07, 6.45) is 0.418. The SMILES string of the molecule is O=C(N[C@@H]1CCS(=O)(=O)C1)c1cccc(NC(=O)c2nsc3ccccc23)c1. The molecule has 1 saturated heterocycles. The van der Waals surface area contributed by atoms with Crippen molar-refractivity contribution in [2.24, 2.45) is 0 Å². The van der Waals surface area contributed by atoms with Gasteiger partial charge in [0.05, 0.1) is 16.2 Å². The van der Waals surface area contributed by atoms with Crippen LogP contribution in [0.3, 0.4) is 0 Å². The second-order valence-electron chi connectivity index (χ2n) is 6.64. The molecular formula is C19H17N3O4S2. The van der Waals surface area contributed by atoms with E-state index in [4.69, 9.17) is 0 Å². The van der Waals surface area contributed by atoms with Crippen LogP contribution in [0.2, 0.25) is 0 Å². The molecule has 3 aromatic rings. The first-order valence-corrected chi connectivity index (χ1v) is 11.3. The number of carbonyl (C=O) groups is 2. The molecule has 0 spiro atoms. The van der Waals surface area contributed by atoms with Crippen molar-refractivity contribution in [3.8, 4) is 0 Å². The van der Waals surface area contributed by atoms with Crippen molar-refractivity contribution in [1.29, 1.82) is 0 Å². The van der Waals surface area contributed by atoms with E-state index in [1.807, 2.05) is 24.3 Å². The normalized spacial score (nSPS) is 18.1. The molecule has 0 aliphatic carbocycles. The molecule has 9 heteroatoms. The third kappa shape index (κ3) is 3.90. The number of sulfone groups is 1. The Balaban J connectivity index is 1.48. The van der Waals surface area contributed by atoms with Crippen LogP contribution in [-0.2, 0) is 9.84 Å². The lowest BCUT2D eigenvalue weighted by Gasteiger charge is -2.12. The van der Waals surface area contributed by atoms with Crippen molar-refractivity contribution in [1.82, 2.24) is 9.69 Å². The fraction of sp³-hybridized carbons (Fsp3) is 0.211. The number of hydrogen-bond acceptors (Lipinski definition) is 6. The van der Waals surface area contributed by atoms with Crippen molar-refractivity contribution in [3.05, 3.63) is 59.8 Å². The lowest BCUT2D eigenvalue weighted by atomic mass is 10.1. The molecule has 7 nitrogen and oxygen atoms in total. The molecule has 144 valence electrons.